The van der Waals surface area contributed by atoms with Crippen LogP contribution in [0.5, 0.6) is 0 Å². The predicted octanol–water partition coefficient (Wildman–Crippen LogP) is 5.51. The van der Waals surface area contributed by atoms with Crippen LogP contribution in [0.2, 0.25) is 0 Å². The Labute approximate surface area is 223 Å². The number of aliphatic carboxylic acids is 1. The fourth-order valence-corrected chi connectivity index (χ4v) is 4.71. The number of carboxylic acid groups (broad SMARTS) is 1. The number of carbonyl (C=O) groups is 1. The summed E-state index contributed by atoms with van der Waals surface area (Å²) >= 11 is 0. The fraction of sp³-hybridized carbons (Fsp3) is 0.219. The number of hydrogen-bond acceptors (Lipinski definition) is 4. The van der Waals surface area contributed by atoms with E-state index in [1.807, 2.05) is 53.3 Å². The highest BCUT2D eigenvalue weighted by Crippen LogP contribution is 2.40. The molecular weight excluding hydrogens is 472 g/mol. The van der Waals surface area contributed by atoms with Crippen LogP contribution in [-0.4, -0.2) is 32.6 Å². The van der Waals surface area contributed by atoms with Gasteiger partial charge in [0, 0.05) is 29.4 Å². The zero-order valence-electron chi connectivity index (χ0n) is 21.6. The third-order valence-corrected chi connectivity index (χ3v) is 6.88. The Balaban J connectivity index is 1.32. The van der Waals surface area contributed by atoms with E-state index in [-0.39, 0.29) is 5.41 Å². The fourth-order valence-electron chi connectivity index (χ4n) is 4.71. The van der Waals surface area contributed by atoms with Crippen LogP contribution in [0, 0.1) is 11.8 Å². The minimum Gasteiger partial charge on any atom is -0.478 e. The Kier molecular flexibility index (Phi) is 7.10. The van der Waals surface area contributed by atoms with Crippen molar-refractivity contribution in [1.82, 2.24) is 15.0 Å². The second-order valence-electron chi connectivity index (χ2n) is 10.2. The summed E-state index contributed by atoms with van der Waals surface area (Å²) < 4.78 is 1.90. The van der Waals surface area contributed by atoms with E-state index < -0.39 is 5.97 Å². The molecule has 0 unspecified atom stereocenters. The highest BCUT2D eigenvalue weighted by Gasteiger charge is 2.31. The lowest BCUT2D eigenvalue weighted by molar-refractivity contribution is -0.131. The van der Waals surface area contributed by atoms with Gasteiger partial charge in [-0.05, 0) is 64.9 Å². The summed E-state index contributed by atoms with van der Waals surface area (Å²) in [4.78, 5) is 13.1. The van der Waals surface area contributed by atoms with Crippen LogP contribution in [0.1, 0.15) is 53.8 Å². The van der Waals surface area contributed by atoms with Crippen molar-refractivity contribution in [2.75, 3.05) is 11.4 Å². The van der Waals surface area contributed by atoms with E-state index in [4.69, 9.17) is 5.11 Å². The molecule has 0 spiro atoms. The molecule has 0 radical (unpaired) electrons. The van der Waals surface area contributed by atoms with Crippen molar-refractivity contribution in [3.63, 3.8) is 0 Å². The molecule has 38 heavy (non-hydrogen) atoms. The molecule has 6 nitrogen and oxygen atoms in total. The summed E-state index contributed by atoms with van der Waals surface area (Å²) in [6.07, 6.45) is 5.78. The number of anilines is 1. The number of aromatic nitrogens is 3. The van der Waals surface area contributed by atoms with Gasteiger partial charge in [0.2, 0.25) is 0 Å². The number of carboxylic acids is 1. The van der Waals surface area contributed by atoms with Gasteiger partial charge in [-0.1, -0.05) is 73.4 Å². The molecule has 1 aliphatic rings. The molecule has 5 rings (SSSR count). The summed E-state index contributed by atoms with van der Waals surface area (Å²) in [5.41, 5.74) is 7.41. The third-order valence-electron chi connectivity index (χ3n) is 6.88. The van der Waals surface area contributed by atoms with E-state index in [0.717, 1.165) is 41.4 Å². The van der Waals surface area contributed by atoms with Gasteiger partial charge in [0.05, 0.1) is 19.3 Å². The van der Waals surface area contributed by atoms with E-state index in [1.165, 1.54) is 16.8 Å². The summed E-state index contributed by atoms with van der Waals surface area (Å²) in [6, 6.07) is 24.3. The minimum atomic E-state index is -0.961. The van der Waals surface area contributed by atoms with Gasteiger partial charge in [-0.25, -0.2) is 9.48 Å². The number of hydrogen-bond donors (Lipinski definition) is 1. The van der Waals surface area contributed by atoms with Gasteiger partial charge in [-0.2, -0.15) is 0 Å². The monoisotopic (exact) mass is 502 g/mol. The van der Waals surface area contributed by atoms with E-state index in [1.54, 1.807) is 6.08 Å². The average molecular weight is 503 g/mol. The number of rotatable bonds is 6. The van der Waals surface area contributed by atoms with Gasteiger partial charge < -0.3 is 10.0 Å². The molecule has 0 fully saturated rings. The number of fused-ring (bicyclic) bond motifs is 1. The molecule has 0 aliphatic carbocycles. The molecule has 0 amide bonds. The molecule has 1 aromatic heterocycles. The maximum atomic E-state index is 10.7. The van der Waals surface area contributed by atoms with E-state index in [0.29, 0.717) is 13.1 Å². The smallest absolute Gasteiger partial charge is 0.328 e. The molecule has 2 heterocycles. The Morgan fingerprint density at radius 1 is 1.00 bits per heavy atom. The maximum Gasteiger partial charge on any atom is 0.328 e. The molecule has 0 atom stereocenters. The van der Waals surface area contributed by atoms with Gasteiger partial charge in [0.1, 0.15) is 5.69 Å². The summed E-state index contributed by atoms with van der Waals surface area (Å²) in [6.45, 7) is 6.96. The molecule has 0 saturated heterocycles. The van der Waals surface area contributed by atoms with Crippen molar-refractivity contribution in [3.05, 3.63) is 119 Å². The second-order valence-corrected chi connectivity index (χ2v) is 10.2. The van der Waals surface area contributed by atoms with Crippen molar-refractivity contribution in [1.29, 1.82) is 0 Å². The molecular formula is C32H30N4O2. The number of benzene rings is 3. The van der Waals surface area contributed by atoms with Crippen molar-refractivity contribution in [2.45, 2.75) is 38.8 Å². The largest absolute Gasteiger partial charge is 0.478 e. The lowest BCUT2D eigenvalue weighted by Crippen LogP contribution is -2.37. The van der Waals surface area contributed by atoms with Crippen molar-refractivity contribution >= 4 is 17.7 Å². The zero-order chi connectivity index (χ0) is 26.5. The molecule has 6 heteroatoms. The molecule has 3 aromatic carbocycles. The first-order valence-electron chi connectivity index (χ1n) is 12.7. The molecule has 190 valence electrons. The predicted molar refractivity (Wildman–Crippen MR) is 150 cm³/mol. The van der Waals surface area contributed by atoms with Crippen LogP contribution in [0.25, 0.3) is 6.08 Å². The Morgan fingerprint density at radius 3 is 2.50 bits per heavy atom. The summed E-state index contributed by atoms with van der Waals surface area (Å²) in [5, 5.41) is 17.6. The second kappa shape index (κ2) is 10.8. The van der Waals surface area contributed by atoms with Gasteiger partial charge in [0.15, 0.2) is 0 Å². The molecule has 0 saturated carbocycles. The van der Waals surface area contributed by atoms with Crippen molar-refractivity contribution < 1.29 is 9.90 Å². The van der Waals surface area contributed by atoms with E-state index >= 15 is 0 Å². The van der Waals surface area contributed by atoms with Crippen LogP contribution >= 0.6 is 0 Å². The average Bonchev–Trinajstić information content (AvgIpc) is 3.36. The van der Waals surface area contributed by atoms with Crippen LogP contribution < -0.4 is 4.90 Å². The first-order valence-corrected chi connectivity index (χ1v) is 12.7. The zero-order valence-corrected chi connectivity index (χ0v) is 21.6. The standard InChI is InChI=1S/C32H30N4O2/c1-32(2)18-19-35(22-28-23-36(34-33-28)21-27-6-4-3-5-7-27)30-16-14-26(20-29(30)32)13-12-24-8-10-25(11-9-24)15-17-31(37)38/h3-11,14-17,20,23H,18-19,21-22H2,1-2H3,(H,37,38)/b17-15+. The SMILES string of the molecule is CC1(C)CCN(Cc2cn(Cc3ccccc3)nn2)c2ccc(C#Cc3ccc(/C=C/C(=O)O)cc3)cc21. The molecule has 1 N–H and O–H groups in total. The minimum absolute atomic E-state index is 0.0482. The maximum absolute atomic E-state index is 10.7. The lowest BCUT2D eigenvalue weighted by Gasteiger charge is -2.40. The highest BCUT2D eigenvalue weighted by atomic mass is 16.4. The van der Waals surface area contributed by atoms with Crippen LogP contribution in [0.4, 0.5) is 5.69 Å². The van der Waals surface area contributed by atoms with Gasteiger partial charge in [0.25, 0.3) is 0 Å². The van der Waals surface area contributed by atoms with E-state index in [9.17, 15) is 4.79 Å². The van der Waals surface area contributed by atoms with Gasteiger partial charge >= 0.3 is 5.97 Å². The van der Waals surface area contributed by atoms with Crippen LogP contribution in [-0.2, 0) is 23.3 Å². The lowest BCUT2D eigenvalue weighted by atomic mass is 9.77. The quantitative estimate of drug-likeness (QED) is 0.278. The molecule has 4 aromatic rings. The van der Waals surface area contributed by atoms with Crippen molar-refractivity contribution in [2.24, 2.45) is 0 Å². The molecule has 1 aliphatic heterocycles. The Bertz CT molecular complexity index is 1520. The number of nitrogens with zero attached hydrogens (tertiary/aromatic N) is 4. The van der Waals surface area contributed by atoms with Crippen LogP contribution in [0.15, 0.2) is 85.1 Å². The van der Waals surface area contributed by atoms with Gasteiger partial charge in [-0.3, -0.25) is 0 Å². The summed E-state index contributed by atoms with van der Waals surface area (Å²) in [7, 11) is 0. The van der Waals surface area contributed by atoms with Gasteiger partial charge in [-0.15, -0.1) is 5.10 Å². The topological polar surface area (TPSA) is 71.2 Å². The third kappa shape index (κ3) is 6.01. The normalized spacial score (nSPS) is 14.1. The van der Waals surface area contributed by atoms with Crippen molar-refractivity contribution in [3.8, 4) is 11.8 Å². The Hall–Kier alpha value is -4.63. The van der Waals surface area contributed by atoms with E-state index in [2.05, 4.69) is 71.2 Å². The van der Waals surface area contributed by atoms with Crippen LogP contribution in [0.3, 0.4) is 0 Å². The first kappa shape index (κ1) is 25.0. The first-order chi connectivity index (χ1) is 18.4. The Morgan fingerprint density at radius 2 is 1.74 bits per heavy atom. The molecule has 0 bridgehead atoms. The summed E-state index contributed by atoms with van der Waals surface area (Å²) in [5.74, 6) is 5.58. The highest BCUT2D eigenvalue weighted by molar-refractivity contribution is 5.85.